The Bertz CT molecular complexity index is 1010. The molecule has 0 amide bonds. The first kappa shape index (κ1) is 23.5. The molecule has 0 bridgehead atoms. The molecule has 7 heteroatoms. The van der Waals surface area contributed by atoms with Gasteiger partial charge in [0.05, 0.1) is 18.9 Å². The summed E-state index contributed by atoms with van der Waals surface area (Å²) < 4.78 is 5.49. The van der Waals surface area contributed by atoms with Crippen LogP contribution in [0.15, 0.2) is 46.7 Å². The first-order valence-corrected chi connectivity index (χ1v) is 11.1. The van der Waals surface area contributed by atoms with E-state index < -0.39 is 0 Å². The summed E-state index contributed by atoms with van der Waals surface area (Å²) in [5.74, 6) is 0.596. The van der Waals surface area contributed by atoms with Crippen LogP contribution in [0.4, 0.5) is 17.3 Å². The second-order valence-corrected chi connectivity index (χ2v) is 7.89. The number of allylic oxidation sites excluding steroid dienone is 2. The summed E-state index contributed by atoms with van der Waals surface area (Å²) in [5, 5.41) is 3.42. The summed E-state index contributed by atoms with van der Waals surface area (Å²) in [4.78, 5) is 15.7. The van der Waals surface area contributed by atoms with E-state index in [0.29, 0.717) is 5.95 Å². The van der Waals surface area contributed by atoms with Crippen molar-refractivity contribution in [1.82, 2.24) is 9.97 Å². The minimum Gasteiger partial charge on any atom is -0.404 e. The van der Waals surface area contributed by atoms with Crippen LogP contribution in [0.1, 0.15) is 37.1 Å². The van der Waals surface area contributed by atoms with Gasteiger partial charge in [-0.1, -0.05) is 13.3 Å². The van der Waals surface area contributed by atoms with Crippen LogP contribution in [0.5, 0.6) is 0 Å². The Labute approximate surface area is 191 Å². The lowest BCUT2D eigenvalue weighted by Gasteiger charge is -2.29. The Balaban J connectivity index is 1.81. The molecule has 0 radical (unpaired) electrons. The van der Waals surface area contributed by atoms with Gasteiger partial charge in [-0.25, -0.2) is 9.97 Å². The molecule has 0 spiro atoms. The van der Waals surface area contributed by atoms with Crippen LogP contribution in [0, 0.1) is 6.92 Å². The van der Waals surface area contributed by atoms with Crippen LogP contribution in [-0.2, 0) is 11.2 Å². The predicted octanol–water partition coefficient (Wildman–Crippen LogP) is 4.26. The van der Waals surface area contributed by atoms with E-state index in [4.69, 9.17) is 10.5 Å². The molecule has 0 aliphatic carbocycles. The van der Waals surface area contributed by atoms with Gasteiger partial charge in [0.2, 0.25) is 5.95 Å². The molecule has 32 heavy (non-hydrogen) atoms. The van der Waals surface area contributed by atoms with Gasteiger partial charge in [0.1, 0.15) is 0 Å². The van der Waals surface area contributed by atoms with Gasteiger partial charge in [-0.15, -0.1) is 0 Å². The lowest BCUT2D eigenvalue weighted by Crippen LogP contribution is -2.36. The summed E-state index contributed by atoms with van der Waals surface area (Å²) >= 11 is 0. The van der Waals surface area contributed by atoms with Crippen molar-refractivity contribution in [2.24, 2.45) is 10.7 Å². The molecule has 1 aliphatic rings. The summed E-state index contributed by atoms with van der Waals surface area (Å²) in [6, 6.07) is 6.57. The predicted molar refractivity (Wildman–Crippen MR) is 134 cm³/mol. The molecule has 1 aliphatic heterocycles. The lowest BCUT2D eigenvalue weighted by atomic mass is 10.1. The minimum atomic E-state index is 0.596. The van der Waals surface area contributed by atoms with E-state index in [1.165, 1.54) is 11.3 Å². The Kier molecular flexibility index (Phi) is 8.39. The third kappa shape index (κ3) is 5.95. The highest BCUT2D eigenvalue weighted by Crippen LogP contribution is 2.27. The number of morpholine rings is 1. The van der Waals surface area contributed by atoms with Crippen LogP contribution >= 0.6 is 0 Å². The average Bonchev–Trinajstić information content (AvgIpc) is 2.81. The maximum absolute atomic E-state index is 5.71. The minimum absolute atomic E-state index is 0.596. The molecule has 0 unspecified atom stereocenters. The number of nitrogens with two attached hydrogens (primary N) is 1. The van der Waals surface area contributed by atoms with Crippen LogP contribution in [0.2, 0.25) is 0 Å². The number of aromatic nitrogens is 2. The number of ether oxygens (including phenoxy) is 1. The Hall–Kier alpha value is -3.19. The number of hydrogen-bond donors (Lipinski definition) is 2. The van der Waals surface area contributed by atoms with Crippen LogP contribution in [0.3, 0.4) is 0 Å². The Morgan fingerprint density at radius 3 is 2.75 bits per heavy atom. The van der Waals surface area contributed by atoms with E-state index in [-0.39, 0.29) is 0 Å². The molecule has 1 aromatic carbocycles. The largest absolute Gasteiger partial charge is 0.404 e. The van der Waals surface area contributed by atoms with Gasteiger partial charge < -0.3 is 20.7 Å². The standard InChI is InChI=1S/C25H34N6O/c1-5-6-20-14-23(31-9-11-32-12-10-31)7-8-24(20)30-25-28-17-21(19(3)29-25)13-18(2)22(15-26)16-27-4/h7-8,13-17H,5-6,9-12,26H2,1-4H3,(H,28,29,30)/b18-13+,22-15+,27-16?. The van der Waals surface area contributed by atoms with Crippen LogP contribution in [0.25, 0.3) is 6.08 Å². The number of anilines is 3. The van der Waals surface area contributed by atoms with E-state index in [2.05, 4.69) is 50.3 Å². The van der Waals surface area contributed by atoms with Crippen molar-refractivity contribution in [3.05, 3.63) is 58.6 Å². The maximum Gasteiger partial charge on any atom is 0.227 e. The van der Waals surface area contributed by atoms with Gasteiger partial charge in [0.25, 0.3) is 0 Å². The fourth-order valence-corrected chi connectivity index (χ4v) is 3.73. The van der Waals surface area contributed by atoms with Gasteiger partial charge in [0, 0.05) is 61.3 Å². The molecule has 0 atom stereocenters. The molecule has 7 nitrogen and oxygen atoms in total. The molecule has 1 fully saturated rings. The fourth-order valence-electron chi connectivity index (χ4n) is 3.73. The summed E-state index contributed by atoms with van der Waals surface area (Å²) in [7, 11) is 1.73. The zero-order valence-electron chi connectivity index (χ0n) is 19.6. The Morgan fingerprint density at radius 1 is 1.31 bits per heavy atom. The second-order valence-electron chi connectivity index (χ2n) is 7.89. The van der Waals surface area contributed by atoms with E-state index in [9.17, 15) is 0 Å². The molecule has 1 aromatic heterocycles. The average molecular weight is 435 g/mol. The van der Waals surface area contributed by atoms with Gasteiger partial charge in [0.15, 0.2) is 0 Å². The van der Waals surface area contributed by atoms with E-state index in [0.717, 1.165) is 67.2 Å². The number of hydrogen-bond acceptors (Lipinski definition) is 7. The van der Waals surface area contributed by atoms with Crippen molar-refractivity contribution >= 4 is 29.6 Å². The fraction of sp³-hybridized carbons (Fsp3) is 0.400. The molecule has 2 heterocycles. The molecular weight excluding hydrogens is 400 g/mol. The lowest BCUT2D eigenvalue weighted by molar-refractivity contribution is 0.122. The van der Waals surface area contributed by atoms with Crippen molar-refractivity contribution in [2.45, 2.75) is 33.6 Å². The molecule has 3 N–H and O–H groups in total. The Morgan fingerprint density at radius 2 is 2.09 bits per heavy atom. The number of nitrogens with one attached hydrogen (secondary N) is 1. The highest BCUT2D eigenvalue weighted by Gasteiger charge is 2.14. The van der Waals surface area contributed by atoms with Crippen molar-refractivity contribution in [3.63, 3.8) is 0 Å². The molecule has 0 saturated carbocycles. The highest BCUT2D eigenvalue weighted by molar-refractivity contribution is 5.86. The molecule has 2 aromatic rings. The number of aryl methyl sites for hydroxylation is 2. The van der Waals surface area contributed by atoms with Gasteiger partial charge in [-0.3, -0.25) is 4.99 Å². The SMILES string of the molecule is CCCc1cc(N2CCOCC2)ccc1Nc1ncc(/C=C(C)/C(C=NC)=C/N)c(C)n1. The monoisotopic (exact) mass is 434 g/mol. The maximum atomic E-state index is 5.71. The normalized spacial score (nSPS) is 15.4. The van der Waals surface area contributed by atoms with E-state index in [1.807, 2.05) is 26.1 Å². The first-order valence-electron chi connectivity index (χ1n) is 11.1. The third-order valence-corrected chi connectivity index (χ3v) is 5.52. The molecule has 1 saturated heterocycles. The molecule has 170 valence electrons. The summed E-state index contributed by atoms with van der Waals surface area (Å²) in [6.07, 6.45) is 9.23. The van der Waals surface area contributed by atoms with Crippen LogP contribution < -0.4 is 16.0 Å². The number of aliphatic imine (C=N–C) groups is 1. The van der Waals surface area contributed by atoms with Crippen molar-refractivity contribution in [2.75, 3.05) is 43.6 Å². The number of nitrogens with zero attached hydrogens (tertiary/aromatic N) is 4. The van der Waals surface area contributed by atoms with E-state index in [1.54, 1.807) is 19.5 Å². The van der Waals surface area contributed by atoms with Gasteiger partial charge in [-0.2, -0.15) is 0 Å². The summed E-state index contributed by atoms with van der Waals surface area (Å²) in [5.41, 5.74) is 13.0. The summed E-state index contributed by atoms with van der Waals surface area (Å²) in [6.45, 7) is 9.61. The number of rotatable bonds is 8. The van der Waals surface area contributed by atoms with Crippen molar-refractivity contribution < 1.29 is 4.74 Å². The second kappa shape index (κ2) is 11.4. The molecule has 3 rings (SSSR count). The molecular formula is C25H34N6O. The van der Waals surface area contributed by atoms with Crippen molar-refractivity contribution in [1.29, 1.82) is 0 Å². The quantitative estimate of drug-likeness (QED) is 0.477. The zero-order chi connectivity index (χ0) is 22.9. The van der Waals surface area contributed by atoms with Gasteiger partial charge in [-0.05, 0) is 55.7 Å². The highest BCUT2D eigenvalue weighted by atomic mass is 16.5. The van der Waals surface area contributed by atoms with Crippen LogP contribution in [-0.4, -0.2) is 49.5 Å². The van der Waals surface area contributed by atoms with Gasteiger partial charge >= 0.3 is 0 Å². The smallest absolute Gasteiger partial charge is 0.227 e. The third-order valence-electron chi connectivity index (χ3n) is 5.52. The topological polar surface area (TPSA) is 88.7 Å². The first-order chi connectivity index (χ1) is 15.5. The number of benzene rings is 1. The van der Waals surface area contributed by atoms with E-state index >= 15 is 0 Å². The van der Waals surface area contributed by atoms with Crippen molar-refractivity contribution in [3.8, 4) is 0 Å². The zero-order valence-corrected chi connectivity index (χ0v) is 19.6.